The lowest BCUT2D eigenvalue weighted by Gasteiger charge is -2.14. The SMILES string of the molecule is C#CCSCCNCC(=O)N(C)CC. The van der Waals surface area contributed by atoms with Gasteiger partial charge in [-0.25, -0.2) is 0 Å². The predicted molar refractivity (Wildman–Crippen MR) is 62.3 cm³/mol. The summed E-state index contributed by atoms with van der Waals surface area (Å²) >= 11 is 1.70. The van der Waals surface area contributed by atoms with E-state index in [1.165, 1.54) is 0 Å². The van der Waals surface area contributed by atoms with Gasteiger partial charge in [0.1, 0.15) is 0 Å². The van der Waals surface area contributed by atoms with Gasteiger partial charge in [0, 0.05) is 25.9 Å². The first-order chi connectivity index (χ1) is 6.72. The fourth-order valence-corrected chi connectivity index (χ4v) is 1.33. The van der Waals surface area contributed by atoms with Crippen molar-refractivity contribution in [3.05, 3.63) is 0 Å². The van der Waals surface area contributed by atoms with Crippen LogP contribution in [0.1, 0.15) is 6.92 Å². The normalized spacial score (nSPS) is 9.50. The summed E-state index contributed by atoms with van der Waals surface area (Å²) in [5, 5.41) is 3.08. The highest BCUT2D eigenvalue weighted by Crippen LogP contribution is 1.94. The predicted octanol–water partition coefficient (Wildman–Crippen LogP) is 0.421. The van der Waals surface area contributed by atoms with Crippen LogP contribution in [0.4, 0.5) is 0 Å². The van der Waals surface area contributed by atoms with Crippen LogP contribution in [0.25, 0.3) is 0 Å². The minimum absolute atomic E-state index is 0.134. The lowest BCUT2D eigenvalue weighted by atomic mass is 10.5. The number of carbonyl (C=O) groups excluding carboxylic acids is 1. The van der Waals surface area contributed by atoms with Crippen LogP contribution in [0.5, 0.6) is 0 Å². The zero-order chi connectivity index (χ0) is 10.8. The fourth-order valence-electron chi connectivity index (χ4n) is 0.782. The summed E-state index contributed by atoms with van der Waals surface area (Å²) in [4.78, 5) is 13.0. The minimum atomic E-state index is 0.134. The maximum absolute atomic E-state index is 11.3. The van der Waals surface area contributed by atoms with Crippen molar-refractivity contribution in [3.63, 3.8) is 0 Å². The van der Waals surface area contributed by atoms with Crippen LogP contribution in [0.2, 0.25) is 0 Å². The van der Waals surface area contributed by atoms with Crippen LogP contribution in [0, 0.1) is 12.3 Å². The molecule has 3 nitrogen and oxygen atoms in total. The Labute approximate surface area is 90.6 Å². The van der Waals surface area contributed by atoms with E-state index in [0.29, 0.717) is 6.54 Å². The standard InChI is InChI=1S/C10H18N2OS/c1-4-7-14-8-6-11-9-10(13)12(3)5-2/h1,11H,5-9H2,2-3H3. The van der Waals surface area contributed by atoms with Gasteiger partial charge in [0.25, 0.3) is 0 Å². The lowest BCUT2D eigenvalue weighted by molar-refractivity contribution is -0.128. The maximum Gasteiger partial charge on any atom is 0.236 e. The van der Waals surface area contributed by atoms with Crippen LogP contribution >= 0.6 is 11.8 Å². The second kappa shape index (κ2) is 8.92. The van der Waals surface area contributed by atoms with E-state index in [0.717, 1.165) is 24.6 Å². The molecular formula is C10H18N2OS. The third kappa shape index (κ3) is 6.81. The number of nitrogens with zero attached hydrogens (tertiary/aromatic N) is 1. The molecule has 0 saturated heterocycles. The van der Waals surface area contributed by atoms with Gasteiger partial charge in [0.05, 0.1) is 12.3 Å². The average molecular weight is 214 g/mol. The Balaban J connectivity index is 3.28. The Morgan fingerprint density at radius 1 is 1.64 bits per heavy atom. The quantitative estimate of drug-likeness (QED) is 0.492. The molecule has 1 amide bonds. The van der Waals surface area contributed by atoms with Gasteiger partial charge in [-0.1, -0.05) is 5.92 Å². The first kappa shape index (κ1) is 13.3. The van der Waals surface area contributed by atoms with E-state index >= 15 is 0 Å². The number of amides is 1. The van der Waals surface area contributed by atoms with Gasteiger partial charge < -0.3 is 10.2 Å². The molecule has 0 unspecified atom stereocenters. The van der Waals surface area contributed by atoms with Crippen molar-refractivity contribution >= 4 is 17.7 Å². The Morgan fingerprint density at radius 3 is 2.93 bits per heavy atom. The van der Waals surface area contributed by atoms with Crippen molar-refractivity contribution in [2.24, 2.45) is 0 Å². The molecule has 0 aliphatic heterocycles. The highest BCUT2D eigenvalue weighted by molar-refractivity contribution is 7.99. The number of nitrogens with one attached hydrogen (secondary N) is 1. The molecule has 0 aromatic heterocycles. The van der Waals surface area contributed by atoms with E-state index < -0.39 is 0 Å². The molecule has 0 bridgehead atoms. The third-order valence-electron chi connectivity index (χ3n) is 1.78. The van der Waals surface area contributed by atoms with Crippen LogP contribution in [-0.4, -0.2) is 49.0 Å². The molecule has 0 spiro atoms. The summed E-state index contributed by atoms with van der Waals surface area (Å²) in [5.74, 6) is 4.38. The van der Waals surface area contributed by atoms with Crippen molar-refractivity contribution in [2.45, 2.75) is 6.92 Å². The Morgan fingerprint density at radius 2 is 2.36 bits per heavy atom. The highest BCUT2D eigenvalue weighted by Gasteiger charge is 2.04. The van der Waals surface area contributed by atoms with Crippen molar-refractivity contribution < 1.29 is 4.79 Å². The van der Waals surface area contributed by atoms with E-state index in [2.05, 4.69) is 11.2 Å². The summed E-state index contributed by atoms with van der Waals surface area (Å²) in [5.41, 5.74) is 0. The largest absolute Gasteiger partial charge is 0.345 e. The molecular weight excluding hydrogens is 196 g/mol. The Hall–Kier alpha value is -0.660. The van der Waals surface area contributed by atoms with E-state index in [1.807, 2.05) is 6.92 Å². The molecule has 0 radical (unpaired) electrons. The molecule has 0 saturated carbocycles. The number of terminal acetylenes is 1. The minimum Gasteiger partial charge on any atom is -0.345 e. The van der Waals surface area contributed by atoms with E-state index in [-0.39, 0.29) is 5.91 Å². The first-order valence-electron chi connectivity index (χ1n) is 4.68. The average Bonchev–Trinajstić information content (AvgIpc) is 2.21. The molecule has 0 aliphatic rings. The summed E-state index contributed by atoms with van der Waals surface area (Å²) in [7, 11) is 1.80. The zero-order valence-electron chi connectivity index (χ0n) is 8.88. The van der Waals surface area contributed by atoms with Crippen molar-refractivity contribution in [1.29, 1.82) is 0 Å². The second-order valence-electron chi connectivity index (χ2n) is 2.84. The number of likely N-dealkylation sites (N-methyl/N-ethyl adjacent to an activating group) is 1. The number of hydrogen-bond donors (Lipinski definition) is 1. The molecule has 80 valence electrons. The van der Waals surface area contributed by atoms with Gasteiger partial charge in [0.2, 0.25) is 5.91 Å². The molecule has 0 atom stereocenters. The molecule has 0 aliphatic carbocycles. The van der Waals surface area contributed by atoms with Gasteiger partial charge in [0.15, 0.2) is 0 Å². The molecule has 4 heteroatoms. The number of hydrogen-bond acceptors (Lipinski definition) is 3. The molecule has 0 fully saturated rings. The van der Waals surface area contributed by atoms with Gasteiger partial charge in [-0.05, 0) is 6.92 Å². The maximum atomic E-state index is 11.3. The summed E-state index contributed by atoms with van der Waals surface area (Å²) in [6.45, 7) is 3.96. The highest BCUT2D eigenvalue weighted by atomic mass is 32.2. The van der Waals surface area contributed by atoms with E-state index in [9.17, 15) is 4.79 Å². The first-order valence-corrected chi connectivity index (χ1v) is 5.83. The molecule has 1 N–H and O–H groups in total. The van der Waals surface area contributed by atoms with Crippen LogP contribution in [-0.2, 0) is 4.79 Å². The van der Waals surface area contributed by atoms with Crippen molar-refractivity contribution in [3.8, 4) is 12.3 Å². The monoisotopic (exact) mass is 214 g/mol. The van der Waals surface area contributed by atoms with Gasteiger partial charge in [-0.3, -0.25) is 4.79 Å². The topological polar surface area (TPSA) is 32.3 Å². The van der Waals surface area contributed by atoms with Crippen LogP contribution < -0.4 is 5.32 Å². The second-order valence-corrected chi connectivity index (χ2v) is 3.95. The van der Waals surface area contributed by atoms with Gasteiger partial charge in [-0.2, -0.15) is 0 Å². The summed E-state index contributed by atoms with van der Waals surface area (Å²) in [6, 6.07) is 0. The van der Waals surface area contributed by atoms with Crippen molar-refractivity contribution in [1.82, 2.24) is 10.2 Å². The number of rotatable bonds is 7. The van der Waals surface area contributed by atoms with Crippen LogP contribution in [0.15, 0.2) is 0 Å². The summed E-state index contributed by atoms with van der Waals surface area (Å²) < 4.78 is 0. The number of thioether (sulfide) groups is 1. The van der Waals surface area contributed by atoms with Crippen LogP contribution in [0.3, 0.4) is 0 Å². The van der Waals surface area contributed by atoms with E-state index in [4.69, 9.17) is 6.42 Å². The Bertz CT molecular complexity index is 201. The molecule has 0 heterocycles. The molecule has 0 aromatic rings. The molecule has 0 aromatic carbocycles. The van der Waals surface area contributed by atoms with Crippen molar-refractivity contribution in [2.75, 3.05) is 38.2 Å². The smallest absolute Gasteiger partial charge is 0.236 e. The lowest BCUT2D eigenvalue weighted by Crippen LogP contribution is -2.36. The van der Waals surface area contributed by atoms with Gasteiger partial charge in [-0.15, -0.1) is 18.2 Å². The third-order valence-corrected chi connectivity index (χ3v) is 2.65. The van der Waals surface area contributed by atoms with E-state index in [1.54, 1.807) is 23.7 Å². The zero-order valence-corrected chi connectivity index (χ0v) is 9.69. The fraction of sp³-hybridized carbons (Fsp3) is 0.700. The number of carbonyl (C=O) groups is 1. The molecule has 14 heavy (non-hydrogen) atoms. The van der Waals surface area contributed by atoms with Gasteiger partial charge >= 0.3 is 0 Å². The molecule has 0 rings (SSSR count). The summed E-state index contributed by atoms with van der Waals surface area (Å²) in [6.07, 6.45) is 5.10. The Kier molecular flexibility index (Phi) is 8.50.